The van der Waals surface area contributed by atoms with Gasteiger partial charge in [0.1, 0.15) is 5.75 Å². The summed E-state index contributed by atoms with van der Waals surface area (Å²) in [4.78, 5) is 17.0. The molecule has 2 aromatic carbocycles. The topological polar surface area (TPSA) is 32.8 Å². The van der Waals surface area contributed by atoms with Crippen LogP contribution in [0.1, 0.15) is 27.0 Å². The molecule has 0 spiro atoms. The third-order valence-corrected chi connectivity index (χ3v) is 5.38. The van der Waals surface area contributed by atoms with E-state index in [-0.39, 0.29) is 5.91 Å². The molecule has 0 radical (unpaired) electrons. The minimum Gasteiger partial charge on any atom is -0.493 e. The third-order valence-electron chi connectivity index (χ3n) is 5.38. The Morgan fingerprint density at radius 3 is 2.84 bits per heavy atom. The molecule has 0 N–H and O–H groups in total. The molecule has 4 rings (SSSR count). The molecular weight excluding hydrogens is 312 g/mol. The van der Waals surface area contributed by atoms with Gasteiger partial charge in [0, 0.05) is 38.2 Å². The lowest BCUT2D eigenvalue weighted by molar-refractivity contribution is 0.0733. The molecule has 1 atom stereocenters. The Kier molecular flexibility index (Phi) is 4.22. The first kappa shape index (κ1) is 16.2. The van der Waals surface area contributed by atoms with Gasteiger partial charge in [-0.2, -0.15) is 0 Å². The Morgan fingerprint density at radius 1 is 1.20 bits per heavy atom. The van der Waals surface area contributed by atoms with Gasteiger partial charge in [-0.3, -0.25) is 9.69 Å². The number of ether oxygens (including phenoxy) is 1. The monoisotopic (exact) mass is 336 g/mol. The lowest BCUT2D eigenvalue weighted by Gasteiger charge is -2.36. The Balaban J connectivity index is 1.46. The van der Waals surface area contributed by atoms with E-state index in [2.05, 4.69) is 36.2 Å². The van der Waals surface area contributed by atoms with Crippen molar-refractivity contribution in [3.63, 3.8) is 0 Å². The van der Waals surface area contributed by atoms with Crippen LogP contribution in [0.4, 0.5) is 0 Å². The Labute approximate surface area is 149 Å². The summed E-state index contributed by atoms with van der Waals surface area (Å²) in [5, 5.41) is 0. The first-order chi connectivity index (χ1) is 12.1. The maximum absolute atomic E-state index is 12.8. The highest BCUT2D eigenvalue weighted by molar-refractivity contribution is 5.94. The van der Waals surface area contributed by atoms with Crippen LogP contribution in [-0.4, -0.2) is 49.0 Å². The second-order valence-corrected chi connectivity index (χ2v) is 7.15. The van der Waals surface area contributed by atoms with E-state index in [1.54, 1.807) is 0 Å². The van der Waals surface area contributed by atoms with Gasteiger partial charge in [-0.1, -0.05) is 24.3 Å². The first-order valence-corrected chi connectivity index (χ1v) is 8.90. The third kappa shape index (κ3) is 3.14. The highest BCUT2D eigenvalue weighted by Crippen LogP contribution is 2.27. The number of hydrogen-bond donors (Lipinski definition) is 0. The molecule has 2 aliphatic rings. The molecule has 4 heteroatoms. The maximum Gasteiger partial charge on any atom is 0.253 e. The molecule has 2 aliphatic heterocycles. The van der Waals surface area contributed by atoms with Crippen molar-refractivity contribution in [2.24, 2.45) is 0 Å². The molecule has 0 saturated heterocycles. The molecule has 0 aromatic heterocycles. The Morgan fingerprint density at radius 2 is 2.00 bits per heavy atom. The van der Waals surface area contributed by atoms with Crippen LogP contribution in [0, 0.1) is 0 Å². The van der Waals surface area contributed by atoms with Crippen molar-refractivity contribution in [1.82, 2.24) is 9.80 Å². The van der Waals surface area contributed by atoms with Crippen LogP contribution >= 0.6 is 0 Å². The highest BCUT2D eigenvalue weighted by Gasteiger charge is 2.26. The van der Waals surface area contributed by atoms with Crippen molar-refractivity contribution in [2.75, 3.05) is 27.2 Å². The summed E-state index contributed by atoms with van der Waals surface area (Å²) in [5.41, 5.74) is 4.70. The largest absolute Gasteiger partial charge is 0.493 e. The van der Waals surface area contributed by atoms with Crippen LogP contribution in [0.3, 0.4) is 0 Å². The van der Waals surface area contributed by atoms with Gasteiger partial charge in [0.25, 0.3) is 5.91 Å². The number of fused-ring (bicyclic) bond motifs is 2. The number of nitrogens with zero attached hydrogens (tertiary/aromatic N) is 2. The van der Waals surface area contributed by atoms with E-state index < -0.39 is 0 Å². The van der Waals surface area contributed by atoms with Gasteiger partial charge in [-0.25, -0.2) is 0 Å². The van der Waals surface area contributed by atoms with Crippen LogP contribution < -0.4 is 4.74 Å². The van der Waals surface area contributed by atoms with Gasteiger partial charge < -0.3 is 9.64 Å². The lowest BCUT2D eigenvalue weighted by atomic mass is 9.94. The summed E-state index contributed by atoms with van der Waals surface area (Å²) in [6, 6.07) is 14.7. The summed E-state index contributed by atoms with van der Waals surface area (Å²) in [7, 11) is 4.05. The molecule has 0 saturated carbocycles. The Bertz CT molecular complexity index is 802. The number of carbonyl (C=O) groups excluding carboxylic acids is 1. The molecule has 130 valence electrons. The fourth-order valence-corrected chi connectivity index (χ4v) is 3.86. The van der Waals surface area contributed by atoms with Crippen LogP contribution in [0.15, 0.2) is 42.5 Å². The molecule has 0 unspecified atom stereocenters. The van der Waals surface area contributed by atoms with Gasteiger partial charge in [-0.15, -0.1) is 0 Å². The van der Waals surface area contributed by atoms with Gasteiger partial charge >= 0.3 is 0 Å². The maximum atomic E-state index is 12.8. The molecule has 2 heterocycles. The normalized spacial score (nSPS) is 19.0. The smallest absolute Gasteiger partial charge is 0.253 e. The highest BCUT2D eigenvalue weighted by atomic mass is 16.5. The van der Waals surface area contributed by atoms with Crippen LogP contribution in [0.2, 0.25) is 0 Å². The van der Waals surface area contributed by atoms with Crippen molar-refractivity contribution >= 4 is 5.91 Å². The second-order valence-electron chi connectivity index (χ2n) is 7.15. The number of rotatable bonds is 3. The fourth-order valence-electron chi connectivity index (χ4n) is 3.86. The van der Waals surface area contributed by atoms with E-state index in [1.807, 2.05) is 30.1 Å². The van der Waals surface area contributed by atoms with E-state index in [0.29, 0.717) is 6.04 Å². The first-order valence-electron chi connectivity index (χ1n) is 8.90. The Hall–Kier alpha value is -2.33. The van der Waals surface area contributed by atoms with Crippen LogP contribution in [0.5, 0.6) is 5.75 Å². The number of likely N-dealkylation sites (N-methyl/N-ethyl adjacent to an activating group) is 2. The number of benzene rings is 2. The molecule has 25 heavy (non-hydrogen) atoms. The molecule has 0 bridgehead atoms. The second kappa shape index (κ2) is 6.52. The number of hydrogen-bond acceptors (Lipinski definition) is 3. The molecule has 1 amide bonds. The van der Waals surface area contributed by atoms with Crippen molar-refractivity contribution in [2.45, 2.75) is 25.4 Å². The van der Waals surface area contributed by atoms with Gasteiger partial charge in [-0.05, 0) is 48.4 Å². The van der Waals surface area contributed by atoms with Crippen LogP contribution in [-0.2, 0) is 19.4 Å². The summed E-state index contributed by atoms with van der Waals surface area (Å²) >= 11 is 0. The number of amides is 1. The quantitative estimate of drug-likeness (QED) is 0.864. The minimum absolute atomic E-state index is 0.0851. The summed E-state index contributed by atoms with van der Waals surface area (Å²) in [6.07, 6.45) is 1.88. The van der Waals surface area contributed by atoms with E-state index in [9.17, 15) is 4.79 Å². The fraction of sp³-hybridized carbons (Fsp3) is 0.381. The SMILES string of the molecule is CN(C[C@H]1Cc2ccccc2CN1C)C(=O)c1ccc2c(c1)CCO2. The minimum atomic E-state index is 0.0851. The zero-order valence-electron chi connectivity index (χ0n) is 14.9. The van der Waals surface area contributed by atoms with Crippen molar-refractivity contribution in [1.29, 1.82) is 0 Å². The van der Waals surface area contributed by atoms with E-state index >= 15 is 0 Å². The predicted octanol–water partition coefficient (Wildman–Crippen LogP) is 2.75. The molecule has 2 aromatic rings. The average Bonchev–Trinajstić information content (AvgIpc) is 3.09. The zero-order valence-corrected chi connectivity index (χ0v) is 14.9. The lowest BCUT2D eigenvalue weighted by Crippen LogP contribution is -2.46. The van der Waals surface area contributed by atoms with Crippen molar-refractivity contribution < 1.29 is 9.53 Å². The van der Waals surface area contributed by atoms with E-state index in [1.165, 1.54) is 11.1 Å². The standard InChI is InChI=1S/C21H24N2O2/c1-22-13-18-6-4-3-5-15(18)12-19(22)14-23(2)21(24)17-7-8-20-16(11-17)9-10-25-20/h3-8,11,19H,9-10,12-14H2,1-2H3/t19-/m1/s1. The number of carbonyl (C=O) groups is 1. The summed E-state index contributed by atoms with van der Waals surface area (Å²) in [5.74, 6) is 1.00. The van der Waals surface area contributed by atoms with Crippen molar-refractivity contribution in [3.05, 3.63) is 64.7 Å². The van der Waals surface area contributed by atoms with Gasteiger partial charge in [0.05, 0.1) is 6.61 Å². The van der Waals surface area contributed by atoms with E-state index in [4.69, 9.17) is 4.74 Å². The zero-order chi connectivity index (χ0) is 17.4. The molecule has 0 fully saturated rings. The molecule has 4 nitrogen and oxygen atoms in total. The van der Waals surface area contributed by atoms with Crippen molar-refractivity contribution in [3.8, 4) is 5.75 Å². The molecule has 0 aliphatic carbocycles. The molecular formula is C21H24N2O2. The summed E-state index contributed by atoms with van der Waals surface area (Å²) in [6.45, 7) is 2.39. The van der Waals surface area contributed by atoms with Gasteiger partial charge in [0.15, 0.2) is 0 Å². The van der Waals surface area contributed by atoms with Gasteiger partial charge in [0.2, 0.25) is 0 Å². The average molecular weight is 336 g/mol. The predicted molar refractivity (Wildman–Crippen MR) is 98.0 cm³/mol. The van der Waals surface area contributed by atoms with Crippen LogP contribution in [0.25, 0.3) is 0 Å². The summed E-state index contributed by atoms with van der Waals surface area (Å²) < 4.78 is 5.53. The van der Waals surface area contributed by atoms with E-state index in [0.717, 1.165) is 49.4 Å².